The molecule has 0 spiro atoms. The summed E-state index contributed by atoms with van der Waals surface area (Å²) in [6.45, 7) is 6.42. The highest BCUT2D eigenvalue weighted by Crippen LogP contribution is 2.36. The van der Waals surface area contributed by atoms with Crippen LogP contribution in [0.25, 0.3) is 22.2 Å². The number of aldehydes is 1. The SMILES string of the molecule is CCC(C)c1ccc2[nH]c(-c3cc(C)ccc3OC)c(C=O)c2c1. The number of fused-ring (bicyclic) bond motifs is 1. The standard InChI is InChI=1S/C21H23NO2/c1-5-14(3)15-7-8-19-16(11-15)18(12-23)21(22-19)17-10-13(2)6-9-20(17)24-4/h6-12,14,22H,5H2,1-4H3. The largest absolute Gasteiger partial charge is 0.496 e. The molecular weight excluding hydrogens is 298 g/mol. The smallest absolute Gasteiger partial charge is 0.152 e. The van der Waals surface area contributed by atoms with Gasteiger partial charge in [0.15, 0.2) is 6.29 Å². The third kappa shape index (κ3) is 2.71. The number of aromatic amines is 1. The minimum atomic E-state index is 0.473. The topological polar surface area (TPSA) is 42.1 Å². The normalized spacial score (nSPS) is 12.3. The average molecular weight is 321 g/mol. The molecule has 0 amide bonds. The maximum absolute atomic E-state index is 11.9. The van der Waals surface area contributed by atoms with Gasteiger partial charge < -0.3 is 9.72 Å². The molecule has 1 atom stereocenters. The minimum absolute atomic E-state index is 0.473. The Labute approximate surface area is 142 Å². The summed E-state index contributed by atoms with van der Waals surface area (Å²) in [4.78, 5) is 15.3. The van der Waals surface area contributed by atoms with Crippen LogP contribution < -0.4 is 4.74 Å². The molecule has 3 rings (SSSR count). The van der Waals surface area contributed by atoms with Gasteiger partial charge in [-0.05, 0) is 49.1 Å². The van der Waals surface area contributed by atoms with Crippen molar-refractivity contribution in [1.82, 2.24) is 4.98 Å². The van der Waals surface area contributed by atoms with Crippen LogP contribution in [0.4, 0.5) is 0 Å². The van der Waals surface area contributed by atoms with E-state index >= 15 is 0 Å². The van der Waals surface area contributed by atoms with Gasteiger partial charge in [0.25, 0.3) is 0 Å². The second-order valence-corrected chi connectivity index (χ2v) is 6.35. The third-order valence-electron chi connectivity index (χ3n) is 4.79. The zero-order chi connectivity index (χ0) is 17.3. The summed E-state index contributed by atoms with van der Waals surface area (Å²) in [5.41, 5.74) is 5.79. The molecule has 1 unspecified atom stereocenters. The van der Waals surface area contributed by atoms with Crippen molar-refractivity contribution in [2.24, 2.45) is 0 Å². The summed E-state index contributed by atoms with van der Waals surface area (Å²) in [7, 11) is 1.65. The number of benzene rings is 2. The van der Waals surface area contributed by atoms with Gasteiger partial charge in [0, 0.05) is 22.0 Å². The van der Waals surface area contributed by atoms with Crippen molar-refractivity contribution in [1.29, 1.82) is 0 Å². The van der Waals surface area contributed by atoms with Crippen LogP contribution >= 0.6 is 0 Å². The molecule has 1 heterocycles. The van der Waals surface area contributed by atoms with Crippen molar-refractivity contribution in [3.63, 3.8) is 0 Å². The average Bonchev–Trinajstić information content (AvgIpc) is 2.98. The number of ether oxygens (including phenoxy) is 1. The zero-order valence-corrected chi connectivity index (χ0v) is 14.6. The van der Waals surface area contributed by atoms with Gasteiger partial charge in [-0.25, -0.2) is 0 Å². The molecule has 3 nitrogen and oxygen atoms in total. The molecule has 0 saturated carbocycles. The quantitative estimate of drug-likeness (QED) is 0.632. The Morgan fingerprint density at radius 3 is 2.67 bits per heavy atom. The van der Waals surface area contributed by atoms with Gasteiger partial charge in [-0.1, -0.05) is 31.5 Å². The second kappa shape index (κ2) is 6.52. The molecule has 1 N–H and O–H groups in total. The minimum Gasteiger partial charge on any atom is -0.496 e. The molecule has 0 aliphatic carbocycles. The lowest BCUT2D eigenvalue weighted by Gasteiger charge is -2.09. The van der Waals surface area contributed by atoms with Gasteiger partial charge in [0.05, 0.1) is 12.8 Å². The molecule has 3 heteroatoms. The van der Waals surface area contributed by atoms with E-state index in [9.17, 15) is 4.79 Å². The molecule has 1 aromatic heterocycles. The molecule has 0 saturated heterocycles. The van der Waals surface area contributed by atoms with Gasteiger partial charge in [-0.15, -0.1) is 0 Å². The van der Waals surface area contributed by atoms with Crippen LogP contribution in [-0.2, 0) is 0 Å². The van der Waals surface area contributed by atoms with Crippen LogP contribution in [0.2, 0.25) is 0 Å². The van der Waals surface area contributed by atoms with E-state index in [1.807, 2.05) is 25.1 Å². The number of hydrogen-bond acceptors (Lipinski definition) is 2. The van der Waals surface area contributed by atoms with E-state index in [2.05, 4.69) is 37.0 Å². The Morgan fingerprint density at radius 2 is 2.00 bits per heavy atom. The number of carbonyl (C=O) groups is 1. The van der Waals surface area contributed by atoms with Crippen LogP contribution in [0, 0.1) is 6.92 Å². The van der Waals surface area contributed by atoms with Crippen molar-refractivity contribution >= 4 is 17.2 Å². The lowest BCUT2D eigenvalue weighted by Crippen LogP contribution is -1.92. The number of rotatable bonds is 5. The molecule has 2 aromatic carbocycles. The van der Waals surface area contributed by atoms with E-state index < -0.39 is 0 Å². The summed E-state index contributed by atoms with van der Waals surface area (Å²) in [6.07, 6.45) is 2.02. The van der Waals surface area contributed by atoms with Gasteiger partial charge in [0.2, 0.25) is 0 Å². The number of H-pyrrole nitrogens is 1. The fourth-order valence-corrected chi connectivity index (χ4v) is 3.12. The number of hydrogen-bond donors (Lipinski definition) is 1. The Hall–Kier alpha value is -2.55. The molecule has 0 bridgehead atoms. The van der Waals surface area contributed by atoms with Crippen molar-refractivity contribution in [2.75, 3.05) is 7.11 Å². The molecule has 24 heavy (non-hydrogen) atoms. The van der Waals surface area contributed by atoms with Crippen LogP contribution in [0.15, 0.2) is 36.4 Å². The molecule has 0 aliphatic rings. The van der Waals surface area contributed by atoms with E-state index in [1.165, 1.54) is 5.56 Å². The summed E-state index contributed by atoms with van der Waals surface area (Å²) < 4.78 is 5.49. The number of aromatic nitrogens is 1. The Balaban J connectivity index is 2.26. The monoisotopic (exact) mass is 321 g/mol. The molecular formula is C21H23NO2. The van der Waals surface area contributed by atoms with Crippen molar-refractivity contribution in [3.05, 3.63) is 53.1 Å². The third-order valence-corrected chi connectivity index (χ3v) is 4.79. The predicted molar refractivity (Wildman–Crippen MR) is 99.1 cm³/mol. The first-order valence-electron chi connectivity index (χ1n) is 8.34. The predicted octanol–water partition coefficient (Wildman–Crippen LogP) is 5.48. The van der Waals surface area contributed by atoms with Gasteiger partial charge in [-0.2, -0.15) is 0 Å². The van der Waals surface area contributed by atoms with E-state index in [0.717, 1.165) is 46.2 Å². The fraction of sp³-hybridized carbons (Fsp3) is 0.286. The van der Waals surface area contributed by atoms with Crippen LogP contribution in [0.3, 0.4) is 0 Å². The van der Waals surface area contributed by atoms with E-state index in [1.54, 1.807) is 7.11 Å². The van der Waals surface area contributed by atoms with E-state index in [0.29, 0.717) is 11.5 Å². The highest BCUT2D eigenvalue weighted by Gasteiger charge is 2.17. The van der Waals surface area contributed by atoms with Crippen molar-refractivity contribution in [2.45, 2.75) is 33.1 Å². The molecule has 0 aliphatic heterocycles. The summed E-state index contributed by atoms with van der Waals surface area (Å²) in [6, 6.07) is 12.3. The first-order chi connectivity index (χ1) is 11.6. The van der Waals surface area contributed by atoms with E-state index in [4.69, 9.17) is 4.74 Å². The fourth-order valence-electron chi connectivity index (χ4n) is 3.12. The maximum atomic E-state index is 11.9. The number of nitrogens with one attached hydrogen (secondary N) is 1. The first-order valence-corrected chi connectivity index (χ1v) is 8.34. The van der Waals surface area contributed by atoms with Gasteiger partial charge >= 0.3 is 0 Å². The zero-order valence-electron chi connectivity index (χ0n) is 14.6. The molecule has 0 fully saturated rings. The number of carbonyl (C=O) groups excluding carboxylic acids is 1. The first kappa shape index (κ1) is 16.3. The summed E-state index contributed by atoms with van der Waals surface area (Å²) in [5.74, 6) is 1.23. The molecule has 0 radical (unpaired) electrons. The second-order valence-electron chi connectivity index (χ2n) is 6.35. The van der Waals surface area contributed by atoms with E-state index in [-0.39, 0.29) is 0 Å². The number of methoxy groups -OCH3 is 1. The van der Waals surface area contributed by atoms with Crippen LogP contribution in [-0.4, -0.2) is 18.4 Å². The lowest BCUT2D eigenvalue weighted by atomic mass is 9.96. The van der Waals surface area contributed by atoms with Crippen LogP contribution in [0.1, 0.15) is 47.7 Å². The van der Waals surface area contributed by atoms with Crippen molar-refractivity contribution in [3.8, 4) is 17.0 Å². The molecule has 3 aromatic rings. The van der Waals surface area contributed by atoms with Crippen molar-refractivity contribution < 1.29 is 9.53 Å². The Morgan fingerprint density at radius 1 is 1.21 bits per heavy atom. The van der Waals surface area contributed by atoms with Crippen LogP contribution in [0.5, 0.6) is 5.75 Å². The Bertz CT molecular complexity index is 892. The number of aryl methyl sites for hydroxylation is 1. The van der Waals surface area contributed by atoms with Gasteiger partial charge in [-0.3, -0.25) is 4.79 Å². The summed E-state index contributed by atoms with van der Waals surface area (Å²) >= 11 is 0. The lowest BCUT2D eigenvalue weighted by molar-refractivity contribution is 0.112. The Kier molecular flexibility index (Phi) is 4.43. The van der Waals surface area contributed by atoms with Gasteiger partial charge in [0.1, 0.15) is 5.75 Å². The molecule has 124 valence electrons. The summed E-state index contributed by atoms with van der Waals surface area (Å²) in [5, 5.41) is 0.973. The highest BCUT2D eigenvalue weighted by molar-refractivity contribution is 6.05. The highest BCUT2D eigenvalue weighted by atomic mass is 16.5. The maximum Gasteiger partial charge on any atom is 0.152 e.